The standard InChI is InChI=1S/C18H20F3NO4/c19-18(20,21)12-3-1-2-11(8-12)17(4-6-26-7-5-17)10-22-15(23)13-9-14(13)16(24)25/h1-3,8,13-14H,4-7,9-10H2,(H,22,23)(H,24,25)/t13-,14-/m1/s1. The predicted molar refractivity (Wildman–Crippen MR) is 85.4 cm³/mol. The number of carbonyl (C=O) groups is 2. The number of carbonyl (C=O) groups excluding carboxylic acids is 1. The molecule has 1 aliphatic carbocycles. The highest BCUT2D eigenvalue weighted by Crippen LogP contribution is 2.40. The molecule has 0 aromatic heterocycles. The van der Waals surface area contributed by atoms with Crippen molar-refractivity contribution in [2.45, 2.75) is 30.9 Å². The number of carboxylic acids is 1. The number of nitrogens with one attached hydrogen (secondary N) is 1. The Morgan fingerprint density at radius 3 is 2.50 bits per heavy atom. The van der Waals surface area contributed by atoms with Gasteiger partial charge in [-0.15, -0.1) is 0 Å². The molecule has 2 atom stereocenters. The van der Waals surface area contributed by atoms with Crippen molar-refractivity contribution in [3.8, 4) is 0 Å². The zero-order valence-electron chi connectivity index (χ0n) is 14.0. The van der Waals surface area contributed by atoms with E-state index in [0.29, 0.717) is 38.0 Å². The summed E-state index contributed by atoms with van der Waals surface area (Å²) >= 11 is 0. The number of amides is 1. The Balaban J connectivity index is 1.77. The molecular formula is C18H20F3NO4. The van der Waals surface area contributed by atoms with Gasteiger partial charge in [0, 0.05) is 25.2 Å². The molecule has 8 heteroatoms. The highest BCUT2D eigenvalue weighted by Gasteiger charge is 2.49. The molecule has 0 radical (unpaired) electrons. The van der Waals surface area contributed by atoms with Crippen molar-refractivity contribution in [3.05, 3.63) is 35.4 Å². The van der Waals surface area contributed by atoms with E-state index in [4.69, 9.17) is 9.84 Å². The fraction of sp³-hybridized carbons (Fsp3) is 0.556. The van der Waals surface area contributed by atoms with E-state index in [1.807, 2.05) is 0 Å². The average molecular weight is 371 g/mol. The van der Waals surface area contributed by atoms with Crippen LogP contribution in [0.5, 0.6) is 0 Å². The summed E-state index contributed by atoms with van der Waals surface area (Å²) in [5.74, 6) is -2.56. The number of ether oxygens (including phenoxy) is 1. The molecule has 2 aliphatic rings. The lowest BCUT2D eigenvalue weighted by Gasteiger charge is -2.38. The molecule has 3 rings (SSSR count). The third-order valence-electron chi connectivity index (χ3n) is 5.30. The molecule has 5 nitrogen and oxygen atoms in total. The van der Waals surface area contributed by atoms with E-state index in [2.05, 4.69) is 5.32 Å². The first-order valence-electron chi connectivity index (χ1n) is 8.49. The normalized spacial score (nSPS) is 24.7. The van der Waals surface area contributed by atoms with E-state index in [1.54, 1.807) is 6.07 Å². The van der Waals surface area contributed by atoms with Crippen molar-refractivity contribution in [1.29, 1.82) is 0 Å². The second-order valence-corrected chi connectivity index (χ2v) is 6.98. The van der Waals surface area contributed by atoms with Crippen molar-refractivity contribution in [1.82, 2.24) is 5.32 Å². The second kappa shape index (κ2) is 6.90. The van der Waals surface area contributed by atoms with Crippen LogP contribution >= 0.6 is 0 Å². The fourth-order valence-electron chi connectivity index (χ4n) is 3.50. The molecule has 1 amide bonds. The van der Waals surface area contributed by atoms with E-state index >= 15 is 0 Å². The van der Waals surface area contributed by atoms with Gasteiger partial charge in [-0.3, -0.25) is 9.59 Å². The van der Waals surface area contributed by atoms with E-state index in [-0.39, 0.29) is 12.5 Å². The van der Waals surface area contributed by atoms with Gasteiger partial charge in [-0.05, 0) is 30.9 Å². The van der Waals surface area contributed by atoms with Crippen LogP contribution in [0.4, 0.5) is 13.2 Å². The highest BCUT2D eigenvalue weighted by atomic mass is 19.4. The SMILES string of the molecule is O=C(O)[C@@H]1C[C@H]1C(=O)NCC1(c2cccc(C(F)(F)F)c2)CCOCC1. The number of aliphatic carboxylic acids is 1. The Morgan fingerprint density at radius 1 is 1.23 bits per heavy atom. The first kappa shape index (κ1) is 18.7. The van der Waals surface area contributed by atoms with Crippen LogP contribution in [0.25, 0.3) is 0 Å². The maximum absolute atomic E-state index is 13.1. The number of halogens is 3. The minimum atomic E-state index is -4.44. The van der Waals surface area contributed by atoms with Gasteiger partial charge in [0.25, 0.3) is 0 Å². The molecule has 1 saturated heterocycles. The summed E-state index contributed by atoms with van der Waals surface area (Å²) in [5, 5.41) is 11.7. The summed E-state index contributed by atoms with van der Waals surface area (Å²) in [7, 11) is 0. The van der Waals surface area contributed by atoms with Crippen molar-refractivity contribution in [2.75, 3.05) is 19.8 Å². The van der Waals surface area contributed by atoms with Gasteiger partial charge in [0.2, 0.25) is 5.91 Å². The Kier molecular flexibility index (Phi) is 4.96. The van der Waals surface area contributed by atoms with Crippen LogP contribution in [0.15, 0.2) is 24.3 Å². The van der Waals surface area contributed by atoms with E-state index in [0.717, 1.165) is 12.1 Å². The molecular weight excluding hydrogens is 351 g/mol. The third kappa shape index (κ3) is 3.85. The molecule has 1 aromatic rings. The quantitative estimate of drug-likeness (QED) is 0.834. The predicted octanol–water partition coefficient (Wildman–Crippen LogP) is 2.59. The maximum Gasteiger partial charge on any atom is 0.416 e. The Bertz CT molecular complexity index is 698. The molecule has 142 valence electrons. The van der Waals surface area contributed by atoms with Gasteiger partial charge in [0.15, 0.2) is 0 Å². The van der Waals surface area contributed by atoms with Crippen molar-refractivity contribution in [2.24, 2.45) is 11.8 Å². The summed E-state index contributed by atoms with van der Waals surface area (Å²) in [5.41, 5.74) is -0.857. The van der Waals surface area contributed by atoms with Crippen molar-refractivity contribution < 1.29 is 32.6 Å². The summed E-state index contributed by atoms with van der Waals surface area (Å²) in [6.07, 6.45) is -3.15. The van der Waals surface area contributed by atoms with Gasteiger partial charge in [0.05, 0.1) is 17.4 Å². The number of rotatable bonds is 5. The minimum Gasteiger partial charge on any atom is -0.481 e. The number of alkyl halides is 3. The van der Waals surface area contributed by atoms with Crippen LogP contribution in [-0.4, -0.2) is 36.7 Å². The number of benzene rings is 1. The summed E-state index contributed by atoms with van der Waals surface area (Å²) < 4.78 is 44.5. The maximum atomic E-state index is 13.1. The Morgan fingerprint density at radius 2 is 1.92 bits per heavy atom. The molecule has 2 fully saturated rings. The molecule has 1 saturated carbocycles. The van der Waals surface area contributed by atoms with Gasteiger partial charge >= 0.3 is 12.1 Å². The lowest BCUT2D eigenvalue weighted by Crippen LogP contribution is -2.45. The van der Waals surface area contributed by atoms with Crippen LogP contribution in [0, 0.1) is 11.8 Å². The first-order chi connectivity index (χ1) is 12.2. The minimum absolute atomic E-state index is 0.166. The molecule has 1 aliphatic heterocycles. The number of hydrogen-bond donors (Lipinski definition) is 2. The van der Waals surface area contributed by atoms with Gasteiger partial charge < -0.3 is 15.2 Å². The molecule has 1 aromatic carbocycles. The number of hydrogen-bond acceptors (Lipinski definition) is 3. The van der Waals surface area contributed by atoms with Gasteiger partial charge in [0.1, 0.15) is 0 Å². The lowest BCUT2D eigenvalue weighted by atomic mass is 9.73. The molecule has 26 heavy (non-hydrogen) atoms. The number of carboxylic acid groups (broad SMARTS) is 1. The molecule has 0 unspecified atom stereocenters. The lowest BCUT2D eigenvalue weighted by molar-refractivity contribution is -0.140. The van der Waals surface area contributed by atoms with Crippen LogP contribution < -0.4 is 5.32 Å². The molecule has 2 N–H and O–H groups in total. The largest absolute Gasteiger partial charge is 0.481 e. The Hall–Kier alpha value is -2.09. The second-order valence-electron chi connectivity index (χ2n) is 6.98. The Labute approximate surface area is 148 Å². The zero-order valence-corrected chi connectivity index (χ0v) is 14.0. The van der Waals surface area contributed by atoms with Crippen LogP contribution in [0.3, 0.4) is 0 Å². The summed E-state index contributed by atoms with van der Waals surface area (Å²) in [6, 6.07) is 5.17. The summed E-state index contributed by atoms with van der Waals surface area (Å²) in [6.45, 7) is 0.958. The van der Waals surface area contributed by atoms with Crippen molar-refractivity contribution in [3.63, 3.8) is 0 Å². The first-order valence-corrected chi connectivity index (χ1v) is 8.49. The molecule has 1 heterocycles. The van der Waals surface area contributed by atoms with Gasteiger partial charge in [-0.25, -0.2) is 0 Å². The third-order valence-corrected chi connectivity index (χ3v) is 5.30. The highest BCUT2D eigenvalue weighted by molar-refractivity contribution is 5.89. The summed E-state index contributed by atoms with van der Waals surface area (Å²) in [4.78, 5) is 23.1. The van der Waals surface area contributed by atoms with Crippen molar-refractivity contribution >= 4 is 11.9 Å². The molecule has 0 bridgehead atoms. The fourth-order valence-corrected chi connectivity index (χ4v) is 3.50. The van der Waals surface area contributed by atoms with Crippen LogP contribution in [-0.2, 0) is 25.9 Å². The van der Waals surface area contributed by atoms with E-state index in [9.17, 15) is 22.8 Å². The van der Waals surface area contributed by atoms with Gasteiger partial charge in [-0.1, -0.05) is 18.2 Å². The van der Waals surface area contributed by atoms with E-state index < -0.39 is 35.0 Å². The zero-order chi connectivity index (χ0) is 18.9. The monoisotopic (exact) mass is 371 g/mol. The van der Waals surface area contributed by atoms with E-state index in [1.165, 1.54) is 6.07 Å². The van der Waals surface area contributed by atoms with Gasteiger partial charge in [-0.2, -0.15) is 13.2 Å². The smallest absolute Gasteiger partial charge is 0.416 e. The topological polar surface area (TPSA) is 75.6 Å². The van der Waals surface area contributed by atoms with Crippen LogP contribution in [0.1, 0.15) is 30.4 Å². The van der Waals surface area contributed by atoms with Crippen LogP contribution in [0.2, 0.25) is 0 Å². The molecule has 0 spiro atoms. The average Bonchev–Trinajstić information content (AvgIpc) is 3.41.